The molecule has 4 heteroatoms. The third kappa shape index (κ3) is 3.78. The Morgan fingerprint density at radius 1 is 1.09 bits per heavy atom. The molecule has 1 heterocycles. The van der Waals surface area contributed by atoms with Gasteiger partial charge in [0.2, 0.25) is 5.91 Å². The lowest BCUT2D eigenvalue weighted by molar-refractivity contribution is -0.135. The van der Waals surface area contributed by atoms with E-state index in [1.807, 2.05) is 0 Å². The van der Waals surface area contributed by atoms with Gasteiger partial charge in [-0.05, 0) is 25.2 Å². The van der Waals surface area contributed by atoms with E-state index >= 15 is 0 Å². The van der Waals surface area contributed by atoms with E-state index in [1.54, 1.807) is 11.9 Å². The Labute approximate surface area is 140 Å². The van der Waals surface area contributed by atoms with Crippen LogP contribution in [0, 0.1) is 16.7 Å². The summed E-state index contributed by atoms with van der Waals surface area (Å²) in [5.41, 5.74) is -0.342. The quantitative estimate of drug-likeness (QED) is 0.811. The topological polar surface area (TPSA) is 56.2 Å². The number of carbonyl (C=O) groups is 1. The first-order valence-electron chi connectivity index (χ1n) is 9.70. The molecule has 1 unspecified atom stereocenters. The van der Waals surface area contributed by atoms with E-state index in [1.165, 1.54) is 64.2 Å². The van der Waals surface area contributed by atoms with Crippen LogP contribution in [0.5, 0.6) is 0 Å². The number of amidine groups is 1. The minimum atomic E-state index is -0.342. The van der Waals surface area contributed by atoms with E-state index in [-0.39, 0.29) is 11.3 Å². The van der Waals surface area contributed by atoms with Crippen LogP contribution in [-0.4, -0.2) is 36.3 Å². The smallest absolute Gasteiger partial charge is 0.235 e. The van der Waals surface area contributed by atoms with Crippen molar-refractivity contribution in [3.63, 3.8) is 0 Å². The third-order valence-electron chi connectivity index (χ3n) is 6.41. The molecule has 0 spiro atoms. The lowest BCUT2D eigenvalue weighted by Crippen LogP contribution is -2.46. The van der Waals surface area contributed by atoms with Gasteiger partial charge >= 0.3 is 0 Å². The summed E-state index contributed by atoms with van der Waals surface area (Å²) in [5, 5.41) is 11.9. The highest BCUT2D eigenvalue weighted by molar-refractivity contribution is 6.06. The van der Waals surface area contributed by atoms with Gasteiger partial charge in [-0.15, -0.1) is 0 Å². The third-order valence-corrected chi connectivity index (χ3v) is 6.41. The van der Waals surface area contributed by atoms with Crippen LogP contribution in [0.2, 0.25) is 0 Å². The summed E-state index contributed by atoms with van der Waals surface area (Å²) in [6.07, 6.45) is 14.7. The normalized spacial score (nSPS) is 31.1. The van der Waals surface area contributed by atoms with Gasteiger partial charge in [-0.1, -0.05) is 51.4 Å². The highest BCUT2D eigenvalue weighted by Crippen LogP contribution is 2.42. The fourth-order valence-electron chi connectivity index (χ4n) is 4.95. The molecule has 0 bridgehead atoms. The second-order valence-corrected chi connectivity index (χ2v) is 8.19. The van der Waals surface area contributed by atoms with E-state index in [9.17, 15) is 4.79 Å². The summed E-state index contributed by atoms with van der Waals surface area (Å²) in [6, 6.07) is 0.583. The zero-order valence-corrected chi connectivity index (χ0v) is 14.7. The van der Waals surface area contributed by atoms with E-state index in [0.29, 0.717) is 24.2 Å². The van der Waals surface area contributed by atoms with Crippen molar-refractivity contribution in [3.8, 4) is 0 Å². The maximum atomic E-state index is 12.9. The van der Waals surface area contributed by atoms with E-state index in [4.69, 9.17) is 5.41 Å². The maximum absolute atomic E-state index is 12.9. The van der Waals surface area contributed by atoms with E-state index in [0.717, 1.165) is 13.0 Å². The van der Waals surface area contributed by atoms with Crippen molar-refractivity contribution in [2.24, 2.45) is 11.3 Å². The molecule has 0 radical (unpaired) electrons. The Morgan fingerprint density at radius 3 is 2.26 bits per heavy atom. The first-order valence-corrected chi connectivity index (χ1v) is 9.70. The van der Waals surface area contributed by atoms with Gasteiger partial charge in [0.05, 0.1) is 5.41 Å². The summed E-state index contributed by atoms with van der Waals surface area (Å²) in [5.74, 6) is 1.38. The van der Waals surface area contributed by atoms with Gasteiger partial charge in [-0.2, -0.15) is 0 Å². The highest BCUT2D eigenvalue weighted by atomic mass is 16.2. The van der Waals surface area contributed by atoms with Crippen LogP contribution in [0.4, 0.5) is 0 Å². The van der Waals surface area contributed by atoms with Crippen molar-refractivity contribution >= 4 is 11.7 Å². The van der Waals surface area contributed by atoms with E-state index < -0.39 is 0 Å². The average Bonchev–Trinajstić information content (AvgIpc) is 2.79. The summed E-state index contributed by atoms with van der Waals surface area (Å²) in [4.78, 5) is 14.5. The Bertz CT molecular complexity index is 438. The molecule has 0 aromatic carbocycles. The molecule has 3 rings (SSSR count). The predicted octanol–water partition coefficient (Wildman–Crippen LogP) is 3.70. The molecule has 2 N–H and O–H groups in total. The SMILES string of the molecule is CN1C(=N)CC(CNC2CCCCC2)(CC2CCCCC2)C1=O. The van der Waals surface area contributed by atoms with Gasteiger partial charge in [-0.25, -0.2) is 0 Å². The van der Waals surface area contributed by atoms with Crippen LogP contribution in [0.25, 0.3) is 0 Å². The summed E-state index contributed by atoms with van der Waals surface area (Å²) < 4.78 is 0. The average molecular weight is 319 g/mol. The first-order chi connectivity index (χ1) is 11.1. The molecule has 0 aromatic heterocycles. The van der Waals surface area contributed by atoms with Crippen LogP contribution >= 0.6 is 0 Å². The van der Waals surface area contributed by atoms with Crippen molar-refractivity contribution in [1.29, 1.82) is 5.41 Å². The van der Waals surface area contributed by atoms with Gasteiger partial charge in [-0.3, -0.25) is 10.2 Å². The van der Waals surface area contributed by atoms with Crippen LogP contribution in [0.15, 0.2) is 0 Å². The molecule has 130 valence electrons. The molecule has 1 saturated heterocycles. The molecule has 0 aromatic rings. The minimum Gasteiger partial charge on any atom is -0.313 e. The van der Waals surface area contributed by atoms with Crippen molar-refractivity contribution in [3.05, 3.63) is 0 Å². The van der Waals surface area contributed by atoms with Crippen LogP contribution in [0.3, 0.4) is 0 Å². The second-order valence-electron chi connectivity index (χ2n) is 8.19. The number of amides is 1. The largest absolute Gasteiger partial charge is 0.313 e. The zero-order chi connectivity index (χ0) is 16.3. The van der Waals surface area contributed by atoms with Crippen LogP contribution in [-0.2, 0) is 4.79 Å². The molecule has 3 aliphatic rings. The second kappa shape index (κ2) is 7.33. The van der Waals surface area contributed by atoms with Gasteiger partial charge in [0.25, 0.3) is 0 Å². The number of likely N-dealkylation sites (tertiary alicyclic amines) is 1. The Kier molecular flexibility index (Phi) is 5.40. The molecule has 1 atom stereocenters. The molecule has 2 saturated carbocycles. The van der Waals surface area contributed by atoms with Gasteiger partial charge in [0.15, 0.2) is 0 Å². The Morgan fingerprint density at radius 2 is 1.70 bits per heavy atom. The number of nitrogens with one attached hydrogen (secondary N) is 2. The Balaban J connectivity index is 1.67. The fourth-order valence-corrected chi connectivity index (χ4v) is 4.95. The predicted molar refractivity (Wildman–Crippen MR) is 93.6 cm³/mol. The lowest BCUT2D eigenvalue weighted by Gasteiger charge is -2.35. The summed E-state index contributed by atoms with van der Waals surface area (Å²) in [7, 11) is 1.79. The number of nitrogens with zero attached hydrogens (tertiary/aromatic N) is 1. The van der Waals surface area contributed by atoms with Crippen molar-refractivity contribution < 1.29 is 4.79 Å². The van der Waals surface area contributed by atoms with Crippen LogP contribution in [0.1, 0.15) is 77.0 Å². The number of carbonyl (C=O) groups excluding carboxylic acids is 1. The van der Waals surface area contributed by atoms with Gasteiger partial charge < -0.3 is 10.2 Å². The Hall–Kier alpha value is -0.900. The van der Waals surface area contributed by atoms with Crippen LogP contribution < -0.4 is 5.32 Å². The molecule has 1 aliphatic heterocycles. The number of hydrogen-bond acceptors (Lipinski definition) is 3. The molecule has 4 nitrogen and oxygen atoms in total. The fraction of sp³-hybridized carbons (Fsp3) is 0.895. The highest BCUT2D eigenvalue weighted by Gasteiger charge is 2.49. The first kappa shape index (κ1) is 16.9. The van der Waals surface area contributed by atoms with E-state index in [2.05, 4.69) is 5.32 Å². The zero-order valence-electron chi connectivity index (χ0n) is 14.7. The van der Waals surface area contributed by atoms with Crippen molar-refractivity contribution in [2.75, 3.05) is 13.6 Å². The molecular formula is C19H33N3O. The summed E-state index contributed by atoms with van der Waals surface area (Å²) >= 11 is 0. The standard InChI is InChI=1S/C19H33N3O/c1-22-17(20)13-19(18(22)23,12-15-8-4-2-5-9-15)14-21-16-10-6-3-7-11-16/h15-16,20-21H,2-14H2,1H3. The maximum Gasteiger partial charge on any atom is 0.235 e. The molecule has 3 fully saturated rings. The summed E-state index contributed by atoms with van der Waals surface area (Å²) in [6.45, 7) is 0.778. The van der Waals surface area contributed by atoms with Crippen molar-refractivity contribution in [1.82, 2.24) is 10.2 Å². The monoisotopic (exact) mass is 319 g/mol. The molecule has 23 heavy (non-hydrogen) atoms. The minimum absolute atomic E-state index is 0.191. The number of hydrogen-bond donors (Lipinski definition) is 2. The van der Waals surface area contributed by atoms with Gasteiger partial charge in [0, 0.05) is 26.1 Å². The molecule has 2 aliphatic carbocycles. The molecule has 1 amide bonds. The molecular weight excluding hydrogens is 286 g/mol. The van der Waals surface area contributed by atoms with Crippen molar-refractivity contribution in [2.45, 2.75) is 83.1 Å². The lowest BCUT2D eigenvalue weighted by atomic mass is 9.73. The van der Waals surface area contributed by atoms with Gasteiger partial charge in [0.1, 0.15) is 5.84 Å². The number of rotatable bonds is 5.